The average Bonchev–Trinajstić information content (AvgIpc) is 2.74. The monoisotopic (exact) mass is 265 g/mol. The van der Waals surface area contributed by atoms with Crippen molar-refractivity contribution in [1.82, 2.24) is 20.2 Å². The molecule has 0 unspecified atom stereocenters. The minimum Gasteiger partial charge on any atom is -0.325 e. The van der Waals surface area contributed by atoms with Crippen LogP contribution in [0.25, 0.3) is 0 Å². The summed E-state index contributed by atoms with van der Waals surface area (Å²) in [6.07, 6.45) is 6.56. The van der Waals surface area contributed by atoms with Crippen LogP contribution in [0.3, 0.4) is 0 Å². The standard InChI is InChI=1S/C14H27N5/c1-5-13(2,3)11-6-8-14(15,9-7-11)10-12-16-18-19(4)17-12/h11H,5-10,15H2,1-4H3. The molecule has 0 bridgehead atoms. The molecule has 5 heteroatoms. The van der Waals surface area contributed by atoms with Gasteiger partial charge in [0.2, 0.25) is 0 Å². The topological polar surface area (TPSA) is 69.6 Å². The van der Waals surface area contributed by atoms with E-state index in [9.17, 15) is 0 Å². The third-order valence-electron chi connectivity index (χ3n) is 5.06. The zero-order chi connectivity index (χ0) is 14.1. The Hall–Kier alpha value is -0.970. The number of aromatic nitrogens is 4. The lowest BCUT2D eigenvalue weighted by molar-refractivity contribution is 0.114. The van der Waals surface area contributed by atoms with Crippen molar-refractivity contribution >= 4 is 0 Å². The first-order valence-electron chi connectivity index (χ1n) is 7.36. The van der Waals surface area contributed by atoms with Gasteiger partial charge in [0.05, 0.1) is 7.05 Å². The van der Waals surface area contributed by atoms with E-state index in [0.717, 1.165) is 31.0 Å². The molecule has 2 rings (SSSR count). The van der Waals surface area contributed by atoms with Gasteiger partial charge in [0.1, 0.15) is 0 Å². The fourth-order valence-electron chi connectivity index (χ4n) is 3.15. The van der Waals surface area contributed by atoms with Gasteiger partial charge in [-0.2, -0.15) is 4.80 Å². The van der Waals surface area contributed by atoms with Crippen molar-refractivity contribution in [3.8, 4) is 0 Å². The van der Waals surface area contributed by atoms with Crippen molar-refractivity contribution in [2.75, 3.05) is 0 Å². The molecule has 1 saturated carbocycles. The van der Waals surface area contributed by atoms with Crippen molar-refractivity contribution < 1.29 is 0 Å². The van der Waals surface area contributed by atoms with Crippen LogP contribution in [0.15, 0.2) is 0 Å². The quantitative estimate of drug-likeness (QED) is 0.905. The summed E-state index contributed by atoms with van der Waals surface area (Å²) in [4.78, 5) is 1.50. The second-order valence-corrected chi connectivity index (χ2v) is 6.85. The number of hydrogen-bond donors (Lipinski definition) is 1. The zero-order valence-corrected chi connectivity index (χ0v) is 12.7. The lowest BCUT2D eigenvalue weighted by Gasteiger charge is -2.43. The molecule has 1 aliphatic rings. The minimum absolute atomic E-state index is 0.136. The van der Waals surface area contributed by atoms with Crippen molar-refractivity contribution in [3.63, 3.8) is 0 Å². The molecule has 0 radical (unpaired) electrons. The van der Waals surface area contributed by atoms with Gasteiger partial charge in [0.25, 0.3) is 0 Å². The highest BCUT2D eigenvalue weighted by atomic mass is 15.6. The summed E-state index contributed by atoms with van der Waals surface area (Å²) in [5.74, 6) is 1.57. The Bertz CT molecular complexity index is 415. The normalized spacial score (nSPS) is 28.6. The van der Waals surface area contributed by atoms with Gasteiger partial charge >= 0.3 is 0 Å². The van der Waals surface area contributed by atoms with E-state index in [2.05, 4.69) is 36.2 Å². The van der Waals surface area contributed by atoms with Crippen molar-refractivity contribution in [3.05, 3.63) is 5.82 Å². The summed E-state index contributed by atoms with van der Waals surface area (Å²) in [5.41, 5.74) is 6.83. The Morgan fingerprint density at radius 2 is 2.00 bits per heavy atom. The summed E-state index contributed by atoms with van der Waals surface area (Å²) in [7, 11) is 1.79. The van der Waals surface area contributed by atoms with Crippen LogP contribution in [0.1, 0.15) is 58.7 Å². The van der Waals surface area contributed by atoms with Gasteiger partial charge in [0, 0.05) is 12.0 Å². The summed E-state index contributed by atoms with van der Waals surface area (Å²) in [6.45, 7) is 7.05. The smallest absolute Gasteiger partial charge is 0.176 e. The first-order valence-corrected chi connectivity index (χ1v) is 7.36. The van der Waals surface area contributed by atoms with Gasteiger partial charge in [-0.25, -0.2) is 0 Å². The molecule has 1 fully saturated rings. The molecule has 1 aromatic rings. The highest BCUT2D eigenvalue weighted by Gasteiger charge is 2.38. The number of hydrogen-bond acceptors (Lipinski definition) is 4. The molecular formula is C14H27N5. The largest absolute Gasteiger partial charge is 0.325 e. The third-order valence-corrected chi connectivity index (χ3v) is 5.06. The molecule has 5 nitrogen and oxygen atoms in total. The molecule has 0 amide bonds. The molecule has 0 saturated heterocycles. The van der Waals surface area contributed by atoms with E-state index in [1.54, 1.807) is 7.05 Å². The number of nitrogens with zero attached hydrogens (tertiary/aromatic N) is 4. The van der Waals surface area contributed by atoms with Gasteiger partial charge < -0.3 is 5.73 Å². The number of rotatable bonds is 4. The minimum atomic E-state index is -0.136. The van der Waals surface area contributed by atoms with Crippen LogP contribution in [-0.2, 0) is 13.5 Å². The SMILES string of the molecule is CCC(C)(C)C1CCC(N)(Cc2nnn(C)n2)CC1. The first kappa shape index (κ1) is 14.4. The second kappa shape index (κ2) is 5.19. The summed E-state index contributed by atoms with van der Waals surface area (Å²) >= 11 is 0. The fraction of sp³-hybridized carbons (Fsp3) is 0.929. The van der Waals surface area contributed by atoms with Gasteiger partial charge in [-0.05, 0) is 42.2 Å². The van der Waals surface area contributed by atoms with E-state index < -0.39 is 0 Å². The summed E-state index contributed by atoms with van der Waals surface area (Å²) in [6, 6.07) is 0. The summed E-state index contributed by atoms with van der Waals surface area (Å²) < 4.78 is 0. The molecule has 0 atom stereocenters. The molecule has 1 aromatic heterocycles. The van der Waals surface area contributed by atoms with E-state index in [1.165, 1.54) is 24.1 Å². The van der Waals surface area contributed by atoms with E-state index in [0.29, 0.717) is 5.41 Å². The van der Waals surface area contributed by atoms with Crippen LogP contribution >= 0.6 is 0 Å². The Morgan fingerprint density at radius 3 is 2.47 bits per heavy atom. The van der Waals surface area contributed by atoms with Crippen molar-refractivity contribution in [2.24, 2.45) is 24.1 Å². The number of nitrogens with two attached hydrogens (primary N) is 1. The number of tetrazole rings is 1. The lowest BCUT2D eigenvalue weighted by Crippen LogP contribution is -2.47. The zero-order valence-electron chi connectivity index (χ0n) is 12.7. The van der Waals surface area contributed by atoms with E-state index in [1.807, 2.05) is 0 Å². The van der Waals surface area contributed by atoms with Crippen LogP contribution < -0.4 is 5.73 Å². The predicted molar refractivity (Wildman–Crippen MR) is 75.5 cm³/mol. The van der Waals surface area contributed by atoms with Crippen LogP contribution in [0.5, 0.6) is 0 Å². The van der Waals surface area contributed by atoms with E-state index in [4.69, 9.17) is 5.73 Å². The molecule has 0 aliphatic heterocycles. The molecule has 2 N–H and O–H groups in total. The van der Waals surface area contributed by atoms with Crippen molar-refractivity contribution in [1.29, 1.82) is 0 Å². The molecular weight excluding hydrogens is 238 g/mol. The molecule has 108 valence electrons. The molecule has 1 aliphatic carbocycles. The highest BCUT2D eigenvalue weighted by molar-refractivity contribution is 4.99. The Balaban J connectivity index is 1.94. The fourth-order valence-corrected chi connectivity index (χ4v) is 3.15. The van der Waals surface area contributed by atoms with Gasteiger partial charge in [-0.3, -0.25) is 0 Å². The number of aryl methyl sites for hydroxylation is 1. The van der Waals surface area contributed by atoms with Gasteiger partial charge in [0.15, 0.2) is 5.82 Å². The Kier molecular flexibility index (Phi) is 3.95. The van der Waals surface area contributed by atoms with Crippen LogP contribution in [-0.4, -0.2) is 25.7 Å². The Labute approximate surface area is 115 Å². The highest BCUT2D eigenvalue weighted by Crippen LogP contribution is 2.43. The first-order chi connectivity index (χ1) is 8.85. The molecule has 19 heavy (non-hydrogen) atoms. The third kappa shape index (κ3) is 3.32. The Morgan fingerprint density at radius 1 is 1.37 bits per heavy atom. The average molecular weight is 265 g/mol. The van der Waals surface area contributed by atoms with E-state index in [-0.39, 0.29) is 5.54 Å². The maximum atomic E-state index is 6.53. The second-order valence-electron chi connectivity index (χ2n) is 6.85. The van der Waals surface area contributed by atoms with Gasteiger partial charge in [-0.15, -0.1) is 10.2 Å². The van der Waals surface area contributed by atoms with Crippen molar-refractivity contribution in [2.45, 2.75) is 64.8 Å². The van der Waals surface area contributed by atoms with Crippen LogP contribution in [0.4, 0.5) is 0 Å². The molecule has 1 heterocycles. The van der Waals surface area contributed by atoms with Crippen LogP contribution in [0, 0.1) is 11.3 Å². The predicted octanol–water partition coefficient (Wildman–Crippen LogP) is 2.08. The van der Waals surface area contributed by atoms with Crippen LogP contribution in [0.2, 0.25) is 0 Å². The summed E-state index contributed by atoms with van der Waals surface area (Å²) in [5, 5.41) is 12.2. The van der Waals surface area contributed by atoms with Gasteiger partial charge in [-0.1, -0.05) is 27.2 Å². The molecule has 0 aromatic carbocycles. The maximum absolute atomic E-state index is 6.53. The van der Waals surface area contributed by atoms with E-state index >= 15 is 0 Å². The molecule has 0 spiro atoms. The maximum Gasteiger partial charge on any atom is 0.176 e. The lowest BCUT2D eigenvalue weighted by atomic mass is 9.65.